The van der Waals surface area contributed by atoms with Gasteiger partial charge in [0.15, 0.2) is 0 Å². The van der Waals surface area contributed by atoms with Gasteiger partial charge in [0.2, 0.25) is 0 Å². The third-order valence-electron chi connectivity index (χ3n) is 5.12. The molecule has 1 fully saturated rings. The van der Waals surface area contributed by atoms with Crippen LogP contribution in [0, 0.1) is 19.8 Å². The van der Waals surface area contributed by atoms with E-state index in [2.05, 4.69) is 37.3 Å². The molecule has 1 aliphatic rings. The van der Waals surface area contributed by atoms with Crippen molar-refractivity contribution in [2.75, 3.05) is 13.2 Å². The summed E-state index contributed by atoms with van der Waals surface area (Å²) in [7, 11) is 1.99. The summed E-state index contributed by atoms with van der Waals surface area (Å²) in [5.41, 5.74) is 4.67. The predicted molar refractivity (Wildman–Crippen MR) is 97.4 cm³/mol. The molecule has 0 aliphatic carbocycles. The van der Waals surface area contributed by atoms with Gasteiger partial charge in [-0.15, -0.1) is 0 Å². The molecular weight excluding hydrogens is 322 g/mol. The molecule has 1 N–H and O–H groups in total. The molecule has 130 valence electrons. The summed E-state index contributed by atoms with van der Waals surface area (Å²) in [6.07, 6.45) is 1.20. The second-order valence-electron chi connectivity index (χ2n) is 6.70. The second-order valence-corrected chi connectivity index (χ2v) is 7.11. The van der Waals surface area contributed by atoms with E-state index in [-0.39, 0.29) is 12.1 Å². The summed E-state index contributed by atoms with van der Waals surface area (Å²) >= 11 is 6.31. The summed E-state index contributed by atoms with van der Waals surface area (Å²) in [4.78, 5) is 0. The molecular formula is C19H26ClN3O. The Balaban J connectivity index is 1.70. The number of ether oxygens (including phenoxy) is 1. The van der Waals surface area contributed by atoms with Crippen molar-refractivity contribution in [3.63, 3.8) is 0 Å². The first-order valence-electron chi connectivity index (χ1n) is 8.58. The standard InChI is InChI=1S/C19H26ClN3O/c1-12(16-7-5-6-8-17(16)20)21-11-15-9-10-24-19(15)18-13(2)22-23(4)14(18)3/h5-8,12,15,19,21H,9-11H2,1-4H3/t12-,15+,19+/m0/s1. The van der Waals surface area contributed by atoms with Gasteiger partial charge in [-0.3, -0.25) is 4.68 Å². The third kappa shape index (κ3) is 3.37. The molecule has 3 atom stereocenters. The molecule has 2 heterocycles. The lowest BCUT2D eigenvalue weighted by Crippen LogP contribution is -2.28. The molecule has 24 heavy (non-hydrogen) atoms. The number of benzene rings is 1. The van der Waals surface area contributed by atoms with Gasteiger partial charge < -0.3 is 10.1 Å². The fourth-order valence-corrected chi connectivity index (χ4v) is 3.93. The second kappa shape index (κ2) is 7.26. The highest BCUT2D eigenvalue weighted by molar-refractivity contribution is 6.31. The minimum atomic E-state index is 0.129. The van der Waals surface area contributed by atoms with Crippen molar-refractivity contribution in [1.82, 2.24) is 15.1 Å². The van der Waals surface area contributed by atoms with Gasteiger partial charge in [-0.2, -0.15) is 5.10 Å². The van der Waals surface area contributed by atoms with Crippen molar-refractivity contribution < 1.29 is 4.74 Å². The highest BCUT2D eigenvalue weighted by Crippen LogP contribution is 2.37. The van der Waals surface area contributed by atoms with Gasteiger partial charge in [-0.25, -0.2) is 0 Å². The van der Waals surface area contributed by atoms with Crippen LogP contribution < -0.4 is 5.32 Å². The van der Waals surface area contributed by atoms with Crippen molar-refractivity contribution in [2.45, 2.75) is 39.3 Å². The molecule has 2 aromatic rings. The van der Waals surface area contributed by atoms with Gasteiger partial charge in [-0.1, -0.05) is 29.8 Å². The Morgan fingerprint density at radius 2 is 2.12 bits per heavy atom. The first-order valence-corrected chi connectivity index (χ1v) is 8.96. The minimum absolute atomic E-state index is 0.129. The normalized spacial score (nSPS) is 22.0. The molecule has 0 spiro atoms. The van der Waals surface area contributed by atoms with Crippen molar-refractivity contribution in [3.05, 3.63) is 51.8 Å². The topological polar surface area (TPSA) is 39.1 Å². The molecule has 5 heteroatoms. The Bertz CT molecular complexity index is 713. The van der Waals surface area contributed by atoms with Crippen LogP contribution in [0.3, 0.4) is 0 Å². The first-order chi connectivity index (χ1) is 11.5. The highest BCUT2D eigenvalue weighted by Gasteiger charge is 2.33. The molecule has 1 saturated heterocycles. The maximum absolute atomic E-state index is 6.31. The Labute approximate surface area is 149 Å². The molecule has 0 unspecified atom stereocenters. The Morgan fingerprint density at radius 3 is 2.79 bits per heavy atom. The van der Waals surface area contributed by atoms with E-state index in [0.717, 1.165) is 35.9 Å². The number of aryl methyl sites for hydroxylation is 2. The summed E-state index contributed by atoms with van der Waals surface area (Å²) < 4.78 is 8.02. The van der Waals surface area contributed by atoms with Gasteiger partial charge in [0.25, 0.3) is 0 Å². The molecule has 3 rings (SSSR count). The number of halogens is 1. The largest absolute Gasteiger partial charge is 0.373 e. The third-order valence-corrected chi connectivity index (χ3v) is 5.47. The molecule has 1 aliphatic heterocycles. The van der Waals surface area contributed by atoms with E-state index < -0.39 is 0 Å². The summed E-state index contributed by atoms with van der Waals surface area (Å²) in [6, 6.07) is 8.24. The van der Waals surface area contributed by atoms with Gasteiger partial charge >= 0.3 is 0 Å². The highest BCUT2D eigenvalue weighted by atomic mass is 35.5. The lowest BCUT2D eigenvalue weighted by Gasteiger charge is -2.23. The summed E-state index contributed by atoms with van der Waals surface area (Å²) in [5, 5.41) is 8.99. The van der Waals surface area contributed by atoms with E-state index in [1.54, 1.807) is 0 Å². The number of rotatable bonds is 5. The van der Waals surface area contributed by atoms with Crippen LogP contribution in [-0.2, 0) is 11.8 Å². The van der Waals surface area contributed by atoms with E-state index in [1.807, 2.05) is 29.9 Å². The van der Waals surface area contributed by atoms with E-state index in [0.29, 0.717) is 5.92 Å². The molecule has 0 saturated carbocycles. The lowest BCUT2D eigenvalue weighted by molar-refractivity contribution is 0.0888. The number of aromatic nitrogens is 2. The van der Waals surface area contributed by atoms with Crippen molar-refractivity contribution in [3.8, 4) is 0 Å². The molecule has 0 radical (unpaired) electrons. The van der Waals surface area contributed by atoms with Crippen molar-refractivity contribution in [1.29, 1.82) is 0 Å². The predicted octanol–water partition coefficient (Wildman–Crippen LogP) is 4.12. The van der Waals surface area contributed by atoms with Gasteiger partial charge in [0.05, 0.1) is 11.8 Å². The number of hydrogen-bond acceptors (Lipinski definition) is 3. The van der Waals surface area contributed by atoms with Crippen molar-refractivity contribution >= 4 is 11.6 Å². The summed E-state index contributed by atoms with van der Waals surface area (Å²) in [5.74, 6) is 0.455. The summed E-state index contributed by atoms with van der Waals surface area (Å²) in [6.45, 7) is 8.07. The van der Waals surface area contributed by atoms with Crippen LogP contribution in [-0.4, -0.2) is 22.9 Å². The zero-order chi connectivity index (χ0) is 17.3. The zero-order valence-electron chi connectivity index (χ0n) is 14.8. The van der Waals surface area contributed by atoms with Crippen LogP contribution in [0.25, 0.3) is 0 Å². The SMILES string of the molecule is Cc1nn(C)c(C)c1[C@@H]1OCC[C@@H]1CN[C@@H](C)c1ccccc1Cl. The molecule has 0 bridgehead atoms. The van der Waals surface area contributed by atoms with Crippen molar-refractivity contribution in [2.24, 2.45) is 13.0 Å². The molecule has 0 amide bonds. The van der Waals surface area contributed by atoms with E-state index in [1.165, 1.54) is 11.3 Å². The fraction of sp³-hybridized carbons (Fsp3) is 0.526. The van der Waals surface area contributed by atoms with Gasteiger partial charge in [0, 0.05) is 48.4 Å². The quantitative estimate of drug-likeness (QED) is 0.884. The van der Waals surface area contributed by atoms with E-state index in [9.17, 15) is 0 Å². The average Bonchev–Trinajstić information content (AvgIpc) is 3.10. The van der Waals surface area contributed by atoms with Gasteiger partial charge in [-0.05, 0) is 38.8 Å². The Hall–Kier alpha value is -1.36. The van der Waals surface area contributed by atoms with Crippen LogP contribution in [0.1, 0.15) is 48.0 Å². The van der Waals surface area contributed by atoms with Crippen LogP contribution in [0.5, 0.6) is 0 Å². The van der Waals surface area contributed by atoms with Crippen LogP contribution >= 0.6 is 11.6 Å². The fourth-order valence-electron chi connectivity index (χ4n) is 3.63. The molecule has 1 aromatic carbocycles. The van der Waals surface area contributed by atoms with Gasteiger partial charge in [0.1, 0.15) is 0 Å². The molecule has 1 aromatic heterocycles. The smallest absolute Gasteiger partial charge is 0.0901 e. The molecule has 4 nitrogen and oxygen atoms in total. The van der Waals surface area contributed by atoms with Crippen LogP contribution in [0.4, 0.5) is 0 Å². The monoisotopic (exact) mass is 347 g/mol. The minimum Gasteiger partial charge on any atom is -0.373 e. The Kier molecular flexibility index (Phi) is 5.28. The average molecular weight is 348 g/mol. The zero-order valence-corrected chi connectivity index (χ0v) is 15.6. The lowest BCUT2D eigenvalue weighted by atomic mass is 9.93. The first kappa shape index (κ1) is 17.5. The van der Waals surface area contributed by atoms with Crippen LogP contribution in [0.15, 0.2) is 24.3 Å². The van der Waals surface area contributed by atoms with Crippen LogP contribution in [0.2, 0.25) is 5.02 Å². The Morgan fingerprint density at radius 1 is 1.38 bits per heavy atom. The number of nitrogens with zero attached hydrogens (tertiary/aromatic N) is 2. The van der Waals surface area contributed by atoms with E-state index >= 15 is 0 Å². The van der Waals surface area contributed by atoms with E-state index in [4.69, 9.17) is 16.3 Å². The number of hydrogen-bond donors (Lipinski definition) is 1. The maximum atomic E-state index is 6.31. The number of nitrogens with one attached hydrogen (secondary N) is 1. The maximum Gasteiger partial charge on any atom is 0.0901 e.